The van der Waals surface area contributed by atoms with Gasteiger partial charge < -0.3 is 15.7 Å². The molecule has 0 fully saturated rings. The Bertz CT molecular complexity index is 875. The number of amides is 3. The van der Waals surface area contributed by atoms with Crippen molar-refractivity contribution in [1.82, 2.24) is 5.32 Å². The Balaban J connectivity index is 2.18. The summed E-state index contributed by atoms with van der Waals surface area (Å²) in [5, 5.41) is 17.3. The minimum Gasteiger partial charge on any atom is -0.359 e. The second-order valence-electron chi connectivity index (χ2n) is 5.84. The molecule has 0 bridgehead atoms. The van der Waals surface area contributed by atoms with Crippen LogP contribution in [0.1, 0.15) is 18.9 Å². The number of aliphatic hydroxyl groups is 1. The highest BCUT2D eigenvalue weighted by atomic mass is 35.5. The topological polar surface area (TPSA) is 81.7 Å². The lowest BCUT2D eigenvalue weighted by molar-refractivity contribution is -0.140. The zero-order chi connectivity index (χ0) is 18.9. The summed E-state index contributed by atoms with van der Waals surface area (Å²) in [5.74, 6) is -0.701. The minimum absolute atomic E-state index is 0.201. The van der Waals surface area contributed by atoms with Crippen molar-refractivity contribution >= 4 is 46.5 Å². The summed E-state index contributed by atoms with van der Waals surface area (Å²) in [6, 6.07) is 10.4. The fourth-order valence-corrected chi connectivity index (χ4v) is 3.14. The lowest BCUT2D eigenvalue weighted by Crippen LogP contribution is -2.62. The molecule has 136 valence electrons. The van der Waals surface area contributed by atoms with Crippen LogP contribution in [0.3, 0.4) is 0 Å². The van der Waals surface area contributed by atoms with Crippen LogP contribution < -0.4 is 15.5 Å². The molecule has 0 saturated carbocycles. The Hall–Kier alpha value is -2.28. The highest BCUT2D eigenvalue weighted by Gasteiger charge is 2.51. The van der Waals surface area contributed by atoms with Gasteiger partial charge in [-0.15, -0.1) is 0 Å². The second kappa shape index (κ2) is 7.15. The summed E-state index contributed by atoms with van der Waals surface area (Å²) in [7, 11) is 0. The van der Waals surface area contributed by atoms with E-state index in [1.54, 1.807) is 24.3 Å². The van der Waals surface area contributed by atoms with E-state index in [1.165, 1.54) is 18.2 Å². The normalized spacial score (nSPS) is 18.9. The van der Waals surface area contributed by atoms with Crippen molar-refractivity contribution in [3.8, 4) is 0 Å². The third-order valence-electron chi connectivity index (χ3n) is 4.08. The summed E-state index contributed by atoms with van der Waals surface area (Å²) in [4.78, 5) is 26.6. The van der Waals surface area contributed by atoms with Gasteiger partial charge >= 0.3 is 6.03 Å². The summed E-state index contributed by atoms with van der Waals surface area (Å²) in [5.41, 5.74) is -1.37. The van der Waals surface area contributed by atoms with Crippen LogP contribution in [0.5, 0.6) is 0 Å². The molecule has 8 heteroatoms. The van der Waals surface area contributed by atoms with Gasteiger partial charge in [-0.1, -0.05) is 48.3 Å². The van der Waals surface area contributed by atoms with Crippen LogP contribution in [0.4, 0.5) is 16.2 Å². The van der Waals surface area contributed by atoms with E-state index in [1.807, 2.05) is 6.92 Å². The van der Waals surface area contributed by atoms with Gasteiger partial charge in [-0.3, -0.25) is 9.69 Å². The van der Waals surface area contributed by atoms with Crippen molar-refractivity contribution in [2.45, 2.75) is 19.1 Å². The molecule has 1 atom stereocenters. The van der Waals surface area contributed by atoms with Crippen molar-refractivity contribution in [2.75, 3.05) is 16.8 Å². The molecule has 0 radical (unpaired) electrons. The van der Waals surface area contributed by atoms with Crippen LogP contribution >= 0.6 is 23.2 Å². The van der Waals surface area contributed by atoms with Crippen LogP contribution in [0.25, 0.3) is 0 Å². The van der Waals surface area contributed by atoms with Crippen molar-refractivity contribution in [3.63, 3.8) is 0 Å². The molecule has 3 amide bonds. The van der Waals surface area contributed by atoms with Crippen molar-refractivity contribution in [3.05, 3.63) is 58.1 Å². The molecule has 3 rings (SSSR count). The molecule has 1 heterocycles. The number of carbonyl (C=O) groups excluding carboxylic acids is 2. The standard InChI is InChI=1S/C18H17Cl2N3O3/c1-2-9-21-16(24)18(26)12-5-3-4-6-15(12)22-17(25)23(18)11-7-8-13(19)14(20)10-11/h3-8,10,26H,2,9H2,1H3,(H,21,24)(H,22,25)/t18-/m1/s1. The lowest BCUT2D eigenvalue weighted by atomic mass is 9.95. The summed E-state index contributed by atoms with van der Waals surface area (Å²) in [6.45, 7) is 2.25. The first kappa shape index (κ1) is 18.5. The predicted octanol–water partition coefficient (Wildman–Crippen LogP) is 3.72. The van der Waals surface area contributed by atoms with Gasteiger partial charge in [0.15, 0.2) is 0 Å². The Morgan fingerprint density at radius 3 is 2.65 bits per heavy atom. The molecule has 0 spiro atoms. The van der Waals surface area contributed by atoms with Gasteiger partial charge in [0.25, 0.3) is 11.6 Å². The molecule has 0 aromatic heterocycles. The van der Waals surface area contributed by atoms with E-state index < -0.39 is 17.7 Å². The molecule has 26 heavy (non-hydrogen) atoms. The lowest BCUT2D eigenvalue weighted by Gasteiger charge is -2.42. The van der Waals surface area contributed by atoms with E-state index in [9.17, 15) is 14.7 Å². The van der Waals surface area contributed by atoms with E-state index in [0.29, 0.717) is 23.7 Å². The minimum atomic E-state index is -2.23. The van der Waals surface area contributed by atoms with Gasteiger partial charge in [-0.2, -0.15) is 0 Å². The van der Waals surface area contributed by atoms with Gasteiger partial charge in [-0.05, 0) is 30.7 Å². The Morgan fingerprint density at radius 1 is 1.23 bits per heavy atom. The average molecular weight is 394 g/mol. The van der Waals surface area contributed by atoms with Crippen LogP contribution in [0, 0.1) is 0 Å². The van der Waals surface area contributed by atoms with Crippen LogP contribution in [-0.2, 0) is 10.5 Å². The quantitative estimate of drug-likeness (QED) is 0.740. The first-order valence-electron chi connectivity index (χ1n) is 8.06. The first-order valence-corrected chi connectivity index (χ1v) is 8.81. The molecule has 6 nitrogen and oxygen atoms in total. The molecule has 0 unspecified atom stereocenters. The van der Waals surface area contributed by atoms with Gasteiger partial charge in [0.2, 0.25) is 0 Å². The van der Waals surface area contributed by atoms with E-state index in [-0.39, 0.29) is 16.3 Å². The van der Waals surface area contributed by atoms with Gasteiger partial charge in [0.05, 0.1) is 21.4 Å². The van der Waals surface area contributed by atoms with Gasteiger partial charge in [-0.25, -0.2) is 4.79 Å². The van der Waals surface area contributed by atoms with E-state index >= 15 is 0 Å². The smallest absolute Gasteiger partial charge is 0.329 e. The van der Waals surface area contributed by atoms with Crippen molar-refractivity contribution in [2.24, 2.45) is 0 Å². The summed E-state index contributed by atoms with van der Waals surface area (Å²) in [6.07, 6.45) is 0.683. The van der Waals surface area contributed by atoms with Crippen molar-refractivity contribution < 1.29 is 14.7 Å². The molecular weight excluding hydrogens is 377 g/mol. The summed E-state index contributed by atoms with van der Waals surface area (Å²) >= 11 is 12.0. The molecule has 2 aromatic carbocycles. The van der Waals surface area contributed by atoms with Crippen LogP contribution in [-0.4, -0.2) is 23.6 Å². The van der Waals surface area contributed by atoms with Gasteiger partial charge in [0, 0.05) is 12.1 Å². The zero-order valence-electron chi connectivity index (χ0n) is 13.9. The fraction of sp³-hybridized carbons (Fsp3) is 0.222. The molecule has 3 N–H and O–H groups in total. The fourth-order valence-electron chi connectivity index (χ4n) is 2.85. The Morgan fingerprint density at radius 2 is 1.96 bits per heavy atom. The number of rotatable bonds is 4. The van der Waals surface area contributed by atoms with Gasteiger partial charge in [0.1, 0.15) is 0 Å². The third-order valence-corrected chi connectivity index (χ3v) is 4.82. The van der Waals surface area contributed by atoms with E-state index in [4.69, 9.17) is 23.2 Å². The number of halogens is 2. The van der Waals surface area contributed by atoms with Crippen LogP contribution in [0.15, 0.2) is 42.5 Å². The number of benzene rings is 2. The number of hydrogen-bond donors (Lipinski definition) is 3. The first-order chi connectivity index (χ1) is 12.4. The number of hydrogen-bond acceptors (Lipinski definition) is 3. The third kappa shape index (κ3) is 3.00. The maximum absolute atomic E-state index is 12.9. The Kier molecular flexibility index (Phi) is 5.09. The predicted molar refractivity (Wildman–Crippen MR) is 102 cm³/mol. The van der Waals surface area contributed by atoms with E-state index in [0.717, 1.165) is 4.90 Å². The highest BCUT2D eigenvalue weighted by Crippen LogP contribution is 2.41. The molecular formula is C18H17Cl2N3O3. The molecule has 1 aliphatic rings. The number of fused-ring (bicyclic) bond motifs is 1. The average Bonchev–Trinajstić information content (AvgIpc) is 2.62. The van der Waals surface area contributed by atoms with Crippen LogP contribution in [0.2, 0.25) is 10.0 Å². The van der Waals surface area contributed by atoms with E-state index in [2.05, 4.69) is 10.6 Å². The number of nitrogens with one attached hydrogen (secondary N) is 2. The maximum Gasteiger partial charge on any atom is 0.329 e. The number of carbonyl (C=O) groups is 2. The highest BCUT2D eigenvalue weighted by molar-refractivity contribution is 6.42. The summed E-state index contributed by atoms with van der Waals surface area (Å²) < 4.78 is 0. The maximum atomic E-state index is 12.9. The number of anilines is 2. The molecule has 0 aliphatic carbocycles. The number of nitrogens with zero attached hydrogens (tertiary/aromatic N) is 1. The second-order valence-corrected chi connectivity index (χ2v) is 6.65. The monoisotopic (exact) mass is 393 g/mol. The Labute approximate surface area is 160 Å². The van der Waals surface area contributed by atoms with Crippen molar-refractivity contribution in [1.29, 1.82) is 0 Å². The molecule has 0 saturated heterocycles. The number of para-hydroxylation sites is 1. The number of urea groups is 1. The largest absolute Gasteiger partial charge is 0.359 e. The zero-order valence-corrected chi connectivity index (χ0v) is 15.4. The SMILES string of the molecule is CCCNC(=O)[C@]1(O)c2ccccc2NC(=O)N1c1ccc(Cl)c(Cl)c1. The molecule has 2 aromatic rings. The molecule has 1 aliphatic heterocycles.